The number of aromatic nitrogens is 2. The topological polar surface area (TPSA) is 78.1 Å². The van der Waals surface area contributed by atoms with E-state index >= 15 is 0 Å². The fraction of sp³-hybridized carbons (Fsp3) is 0.348. The minimum atomic E-state index is -0.179. The van der Waals surface area contributed by atoms with Crippen molar-refractivity contribution in [1.82, 2.24) is 20.2 Å². The third-order valence-electron chi connectivity index (χ3n) is 5.29. The van der Waals surface area contributed by atoms with Gasteiger partial charge in [0.1, 0.15) is 5.82 Å². The molecule has 0 saturated carbocycles. The molecule has 1 atom stereocenters. The number of carbonyl (C=O) groups is 2. The molecule has 2 amide bonds. The summed E-state index contributed by atoms with van der Waals surface area (Å²) in [5, 5.41) is 3.11. The molecule has 0 radical (unpaired) electrons. The predicted octanol–water partition coefficient (Wildman–Crippen LogP) is 3.81. The second-order valence-electron chi connectivity index (χ2n) is 8.02. The molecule has 6 nitrogen and oxygen atoms in total. The van der Waals surface area contributed by atoms with Gasteiger partial charge >= 0.3 is 0 Å². The lowest BCUT2D eigenvalue weighted by Crippen LogP contribution is -2.34. The molecule has 0 unspecified atom stereocenters. The fourth-order valence-electron chi connectivity index (χ4n) is 3.85. The van der Waals surface area contributed by atoms with E-state index in [9.17, 15) is 9.59 Å². The van der Waals surface area contributed by atoms with Crippen molar-refractivity contribution < 1.29 is 9.59 Å². The average Bonchev–Trinajstić information content (AvgIpc) is 3.27. The highest BCUT2D eigenvalue weighted by molar-refractivity contribution is 5.98. The minimum Gasteiger partial charge on any atom is -0.346 e. The zero-order valence-electron chi connectivity index (χ0n) is 16.8. The molecule has 0 saturated heterocycles. The summed E-state index contributed by atoms with van der Waals surface area (Å²) in [4.78, 5) is 34.9. The van der Waals surface area contributed by atoms with Crippen LogP contribution in [0.25, 0.3) is 11.0 Å². The molecule has 1 aliphatic rings. The number of hydrogen-bond donors (Lipinski definition) is 2. The molecule has 0 spiro atoms. The number of rotatable bonds is 7. The van der Waals surface area contributed by atoms with Gasteiger partial charge < -0.3 is 15.2 Å². The Morgan fingerprint density at radius 1 is 1.17 bits per heavy atom. The van der Waals surface area contributed by atoms with Crippen molar-refractivity contribution in [2.75, 3.05) is 6.54 Å². The van der Waals surface area contributed by atoms with Crippen LogP contribution in [0.15, 0.2) is 48.5 Å². The molecule has 1 aromatic heterocycles. The highest BCUT2D eigenvalue weighted by Crippen LogP contribution is 2.24. The summed E-state index contributed by atoms with van der Waals surface area (Å²) in [5.41, 5.74) is 3.63. The Hall–Kier alpha value is -3.15. The smallest absolute Gasteiger partial charge is 0.254 e. The van der Waals surface area contributed by atoms with Crippen LogP contribution in [0.5, 0.6) is 0 Å². The van der Waals surface area contributed by atoms with Crippen molar-refractivity contribution in [3.63, 3.8) is 0 Å². The van der Waals surface area contributed by atoms with Crippen LogP contribution in [0.1, 0.15) is 54.5 Å². The summed E-state index contributed by atoms with van der Waals surface area (Å²) in [5.74, 6) is 1.12. The lowest BCUT2D eigenvalue weighted by atomic mass is 10.0. The predicted molar refractivity (Wildman–Crippen MR) is 112 cm³/mol. The standard InChI is InChI=1S/C23H26N4O2/c1-15(2)13-20(22-25-18-9-5-6-10-19(18)26-22)24-21(28)11-12-27-14-16-7-3-4-8-17(16)23(27)29/h3-10,15,20H,11-14H2,1-2H3,(H,24,28)(H,25,26)/t20-/m0/s1. The van der Waals surface area contributed by atoms with Gasteiger partial charge in [-0.2, -0.15) is 0 Å². The minimum absolute atomic E-state index is 0.00409. The highest BCUT2D eigenvalue weighted by atomic mass is 16.2. The number of nitrogens with zero attached hydrogens (tertiary/aromatic N) is 2. The first-order chi connectivity index (χ1) is 14.0. The molecule has 6 heteroatoms. The van der Waals surface area contributed by atoms with E-state index in [2.05, 4.69) is 29.1 Å². The first kappa shape index (κ1) is 19.2. The Balaban J connectivity index is 1.40. The van der Waals surface area contributed by atoms with E-state index in [0.29, 0.717) is 19.0 Å². The molecular formula is C23H26N4O2. The number of para-hydroxylation sites is 2. The Labute approximate surface area is 170 Å². The summed E-state index contributed by atoms with van der Waals surface area (Å²) in [6.45, 7) is 5.24. The second-order valence-corrected chi connectivity index (χ2v) is 8.02. The Bertz CT molecular complexity index is 1010. The van der Waals surface area contributed by atoms with Gasteiger partial charge in [0.05, 0.1) is 17.1 Å². The zero-order valence-corrected chi connectivity index (χ0v) is 16.8. The summed E-state index contributed by atoms with van der Waals surface area (Å²) in [6.07, 6.45) is 1.06. The lowest BCUT2D eigenvalue weighted by molar-refractivity contribution is -0.122. The molecule has 2 heterocycles. The average molecular weight is 390 g/mol. The van der Waals surface area contributed by atoms with Crippen LogP contribution in [-0.4, -0.2) is 33.2 Å². The SMILES string of the molecule is CC(C)C[C@H](NC(=O)CCN1Cc2ccccc2C1=O)c1nc2ccccc2[nH]1. The van der Waals surface area contributed by atoms with E-state index < -0.39 is 0 Å². The molecule has 0 aliphatic carbocycles. The van der Waals surface area contributed by atoms with E-state index in [4.69, 9.17) is 0 Å². The normalized spacial score (nSPS) is 14.4. The van der Waals surface area contributed by atoms with Crippen molar-refractivity contribution in [2.24, 2.45) is 5.92 Å². The summed E-state index contributed by atoms with van der Waals surface area (Å²) in [7, 11) is 0. The van der Waals surface area contributed by atoms with Crippen molar-refractivity contribution >= 4 is 22.8 Å². The van der Waals surface area contributed by atoms with Crippen LogP contribution in [0.2, 0.25) is 0 Å². The summed E-state index contributed by atoms with van der Waals surface area (Å²) >= 11 is 0. The quantitative estimate of drug-likeness (QED) is 0.644. The fourth-order valence-corrected chi connectivity index (χ4v) is 3.85. The van der Waals surface area contributed by atoms with E-state index in [1.54, 1.807) is 4.90 Å². The summed E-state index contributed by atoms with van der Waals surface area (Å²) in [6, 6.07) is 15.3. The van der Waals surface area contributed by atoms with Crippen molar-refractivity contribution in [3.05, 3.63) is 65.5 Å². The van der Waals surface area contributed by atoms with Gasteiger partial charge in [-0.05, 0) is 36.1 Å². The number of aromatic amines is 1. The third kappa shape index (κ3) is 4.16. The van der Waals surface area contributed by atoms with Gasteiger partial charge in [-0.1, -0.05) is 44.2 Å². The molecule has 3 aromatic rings. The molecule has 0 fully saturated rings. The number of H-pyrrole nitrogens is 1. The van der Waals surface area contributed by atoms with Crippen molar-refractivity contribution in [1.29, 1.82) is 0 Å². The number of hydrogen-bond acceptors (Lipinski definition) is 3. The molecule has 1 aliphatic heterocycles. The van der Waals surface area contributed by atoms with E-state index in [1.807, 2.05) is 48.5 Å². The van der Waals surface area contributed by atoms with E-state index in [-0.39, 0.29) is 24.3 Å². The van der Waals surface area contributed by atoms with Gasteiger partial charge in [0.15, 0.2) is 0 Å². The van der Waals surface area contributed by atoms with Gasteiger partial charge in [-0.15, -0.1) is 0 Å². The molecule has 4 rings (SSSR count). The number of nitrogens with one attached hydrogen (secondary N) is 2. The Kier molecular flexibility index (Phi) is 5.34. The maximum atomic E-state index is 12.7. The second kappa shape index (κ2) is 8.07. The molecule has 29 heavy (non-hydrogen) atoms. The third-order valence-corrected chi connectivity index (χ3v) is 5.29. The molecule has 2 N–H and O–H groups in total. The number of carbonyl (C=O) groups excluding carboxylic acids is 2. The summed E-state index contributed by atoms with van der Waals surface area (Å²) < 4.78 is 0. The number of amides is 2. The van der Waals surface area contributed by atoms with Crippen LogP contribution >= 0.6 is 0 Å². The lowest BCUT2D eigenvalue weighted by Gasteiger charge is -2.20. The number of fused-ring (bicyclic) bond motifs is 2. The van der Waals surface area contributed by atoms with Crippen LogP contribution in [0.4, 0.5) is 0 Å². The van der Waals surface area contributed by atoms with Gasteiger partial charge in [-0.25, -0.2) is 4.98 Å². The molecule has 2 aromatic carbocycles. The van der Waals surface area contributed by atoms with Crippen LogP contribution in [0, 0.1) is 5.92 Å². The van der Waals surface area contributed by atoms with Crippen molar-refractivity contribution in [3.8, 4) is 0 Å². The zero-order chi connectivity index (χ0) is 20.4. The Morgan fingerprint density at radius 3 is 2.69 bits per heavy atom. The largest absolute Gasteiger partial charge is 0.346 e. The van der Waals surface area contributed by atoms with E-state index in [1.165, 1.54) is 0 Å². The molecule has 150 valence electrons. The van der Waals surface area contributed by atoms with Gasteiger partial charge in [0.2, 0.25) is 5.91 Å². The van der Waals surface area contributed by atoms with Gasteiger partial charge in [-0.3, -0.25) is 9.59 Å². The maximum absolute atomic E-state index is 12.7. The first-order valence-electron chi connectivity index (χ1n) is 10.1. The molecular weight excluding hydrogens is 364 g/mol. The Morgan fingerprint density at radius 2 is 1.93 bits per heavy atom. The van der Waals surface area contributed by atoms with E-state index in [0.717, 1.165) is 34.4 Å². The van der Waals surface area contributed by atoms with Crippen molar-refractivity contribution in [2.45, 2.75) is 39.3 Å². The maximum Gasteiger partial charge on any atom is 0.254 e. The van der Waals surface area contributed by atoms with Crippen LogP contribution in [0.3, 0.4) is 0 Å². The van der Waals surface area contributed by atoms with Crippen LogP contribution < -0.4 is 5.32 Å². The number of imidazole rings is 1. The van der Waals surface area contributed by atoms with Crippen LogP contribution in [-0.2, 0) is 11.3 Å². The highest BCUT2D eigenvalue weighted by Gasteiger charge is 2.27. The molecule has 0 bridgehead atoms. The first-order valence-corrected chi connectivity index (χ1v) is 10.1. The number of benzene rings is 2. The van der Waals surface area contributed by atoms with Gasteiger partial charge in [0.25, 0.3) is 5.91 Å². The van der Waals surface area contributed by atoms with Gasteiger partial charge in [0, 0.05) is 25.1 Å². The monoisotopic (exact) mass is 390 g/mol.